The second-order valence-electron chi connectivity index (χ2n) is 5.97. The van der Waals surface area contributed by atoms with E-state index < -0.39 is 0 Å². The summed E-state index contributed by atoms with van der Waals surface area (Å²) in [7, 11) is 2.09. The van der Waals surface area contributed by atoms with E-state index >= 15 is 0 Å². The number of nitrogens with zero attached hydrogens (tertiary/aromatic N) is 1. The Morgan fingerprint density at radius 3 is 2.23 bits per heavy atom. The maximum atomic E-state index is 13.3. The number of benzene rings is 2. The number of halogens is 1. The van der Waals surface area contributed by atoms with Gasteiger partial charge < -0.3 is 4.57 Å². The number of para-hydroxylation sites is 1. The van der Waals surface area contributed by atoms with Crippen LogP contribution in [0.15, 0.2) is 54.7 Å². The van der Waals surface area contributed by atoms with Crippen molar-refractivity contribution in [1.29, 1.82) is 0 Å². The molecule has 1 aromatic heterocycles. The van der Waals surface area contributed by atoms with Crippen molar-refractivity contribution in [3.8, 4) is 0 Å². The minimum absolute atomic E-state index is 0.0748. The molecule has 2 aromatic carbocycles. The fourth-order valence-electron chi connectivity index (χ4n) is 3.69. The second-order valence-corrected chi connectivity index (χ2v) is 5.97. The minimum atomic E-state index is -0.178. The van der Waals surface area contributed by atoms with E-state index in [1.165, 1.54) is 22.0 Å². The zero-order valence-corrected chi connectivity index (χ0v) is 13.4. The van der Waals surface area contributed by atoms with Gasteiger partial charge in [-0.15, -0.1) is 0 Å². The zero-order valence-electron chi connectivity index (χ0n) is 13.4. The first-order chi connectivity index (χ1) is 10.6. The Labute approximate surface area is 131 Å². The van der Waals surface area contributed by atoms with Crippen LogP contribution < -0.4 is 0 Å². The Kier molecular flexibility index (Phi) is 3.78. The van der Waals surface area contributed by atoms with Crippen molar-refractivity contribution in [3.63, 3.8) is 0 Å². The van der Waals surface area contributed by atoms with E-state index in [0.29, 0.717) is 0 Å². The summed E-state index contributed by atoms with van der Waals surface area (Å²) in [5.74, 6) is -0.178. The lowest BCUT2D eigenvalue weighted by molar-refractivity contribution is 0.479. The molecule has 114 valence electrons. The highest BCUT2D eigenvalue weighted by atomic mass is 19.1. The summed E-state index contributed by atoms with van der Waals surface area (Å²) in [6, 6.07) is 15.5. The van der Waals surface area contributed by atoms with E-state index in [4.69, 9.17) is 0 Å². The third-order valence-corrected chi connectivity index (χ3v) is 5.02. The van der Waals surface area contributed by atoms with E-state index in [2.05, 4.69) is 55.9 Å². The van der Waals surface area contributed by atoms with Crippen LogP contribution in [0, 0.1) is 5.82 Å². The maximum absolute atomic E-state index is 13.3. The van der Waals surface area contributed by atoms with Crippen molar-refractivity contribution in [2.24, 2.45) is 7.05 Å². The molecule has 0 atom stereocenters. The van der Waals surface area contributed by atoms with Crippen LogP contribution >= 0.6 is 0 Å². The highest BCUT2D eigenvalue weighted by Crippen LogP contribution is 2.42. The average Bonchev–Trinajstić information content (AvgIpc) is 2.89. The molecule has 0 fully saturated rings. The second kappa shape index (κ2) is 5.60. The van der Waals surface area contributed by atoms with Crippen molar-refractivity contribution in [2.75, 3.05) is 0 Å². The van der Waals surface area contributed by atoms with Crippen molar-refractivity contribution in [1.82, 2.24) is 4.57 Å². The fraction of sp³-hybridized carbons (Fsp3) is 0.300. The van der Waals surface area contributed by atoms with Gasteiger partial charge in [0.2, 0.25) is 0 Å². The molecule has 3 aromatic rings. The van der Waals surface area contributed by atoms with Crippen LogP contribution in [0.3, 0.4) is 0 Å². The molecule has 1 nitrogen and oxygen atoms in total. The summed E-state index contributed by atoms with van der Waals surface area (Å²) < 4.78 is 15.5. The lowest BCUT2D eigenvalue weighted by atomic mass is 9.70. The molecule has 0 aliphatic rings. The lowest BCUT2D eigenvalue weighted by Crippen LogP contribution is -2.25. The summed E-state index contributed by atoms with van der Waals surface area (Å²) in [4.78, 5) is 0. The van der Waals surface area contributed by atoms with Gasteiger partial charge in [0, 0.05) is 29.6 Å². The number of aromatic nitrogens is 1. The molecule has 0 unspecified atom stereocenters. The fourth-order valence-corrected chi connectivity index (χ4v) is 3.69. The number of rotatable bonds is 4. The van der Waals surface area contributed by atoms with Crippen molar-refractivity contribution < 1.29 is 4.39 Å². The van der Waals surface area contributed by atoms with Gasteiger partial charge in [0.15, 0.2) is 0 Å². The summed E-state index contributed by atoms with van der Waals surface area (Å²) in [5, 5.41) is 1.29. The Morgan fingerprint density at radius 2 is 1.59 bits per heavy atom. The topological polar surface area (TPSA) is 4.93 Å². The molecule has 22 heavy (non-hydrogen) atoms. The Hall–Kier alpha value is -2.09. The summed E-state index contributed by atoms with van der Waals surface area (Å²) >= 11 is 0. The molecular weight excluding hydrogens is 273 g/mol. The van der Waals surface area contributed by atoms with Gasteiger partial charge in [-0.25, -0.2) is 4.39 Å². The standard InChI is InChI=1S/C20H22FN/c1-4-20(5-2,15-10-12-16(21)13-11-15)18-14-22(3)19-9-7-6-8-17(18)19/h6-14H,4-5H2,1-3H3. The molecular formula is C20H22FN. The molecule has 0 amide bonds. The number of hydrogen-bond acceptors (Lipinski definition) is 0. The molecule has 0 saturated carbocycles. The van der Waals surface area contributed by atoms with Crippen LogP contribution in [-0.4, -0.2) is 4.57 Å². The normalized spacial score (nSPS) is 12.0. The van der Waals surface area contributed by atoms with E-state index in [-0.39, 0.29) is 11.2 Å². The maximum Gasteiger partial charge on any atom is 0.123 e. The van der Waals surface area contributed by atoms with Gasteiger partial charge in [0.05, 0.1) is 0 Å². The van der Waals surface area contributed by atoms with Gasteiger partial charge in [0.25, 0.3) is 0 Å². The average molecular weight is 295 g/mol. The number of hydrogen-bond donors (Lipinski definition) is 0. The highest BCUT2D eigenvalue weighted by Gasteiger charge is 2.33. The predicted molar refractivity (Wildman–Crippen MR) is 90.7 cm³/mol. The van der Waals surface area contributed by atoms with Crippen LogP contribution in [0.5, 0.6) is 0 Å². The van der Waals surface area contributed by atoms with Gasteiger partial charge in [-0.3, -0.25) is 0 Å². The highest BCUT2D eigenvalue weighted by molar-refractivity contribution is 5.85. The van der Waals surface area contributed by atoms with E-state index in [1.54, 1.807) is 12.1 Å². The van der Waals surface area contributed by atoms with Gasteiger partial charge in [0.1, 0.15) is 5.82 Å². The number of aryl methyl sites for hydroxylation is 1. The molecule has 0 spiro atoms. The van der Waals surface area contributed by atoms with Crippen LogP contribution in [0.2, 0.25) is 0 Å². The molecule has 0 saturated heterocycles. The first-order valence-corrected chi connectivity index (χ1v) is 7.93. The SMILES string of the molecule is CCC(CC)(c1ccc(F)cc1)c1cn(C)c2ccccc12. The molecule has 0 aliphatic heterocycles. The quantitative estimate of drug-likeness (QED) is 0.605. The third kappa shape index (κ3) is 2.14. The molecule has 2 heteroatoms. The molecule has 0 aliphatic carbocycles. The first-order valence-electron chi connectivity index (χ1n) is 7.93. The Morgan fingerprint density at radius 1 is 0.955 bits per heavy atom. The summed E-state index contributed by atoms with van der Waals surface area (Å²) in [6.45, 7) is 4.43. The molecule has 0 N–H and O–H groups in total. The molecule has 0 radical (unpaired) electrons. The van der Waals surface area contributed by atoms with Crippen LogP contribution in [0.25, 0.3) is 10.9 Å². The van der Waals surface area contributed by atoms with Gasteiger partial charge in [-0.05, 0) is 42.2 Å². The third-order valence-electron chi connectivity index (χ3n) is 5.02. The predicted octanol–water partition coefficient (Wildman–Crippen LogP) is 5.42. The molecule has 3 rings (SSSR count). The molecule has 1 heterocycles. The zero-order chi connectivity index (χ0) is 15.7. The minimum Gasteiger partial charge on any atom is -0.350 e. The van der Waals surface area contributed by atoms with Crippen LogP contribution in [0.4, 0.5) is 4.39 Å². The summed E-state index contributed by atoms with van der Waals surface area (Å²) in [6.07, 6.45) is 4.22. The van der Waals surface area contributed by atoms with Gasteiger partial charge >= 0.3 is 0 Å². The Balaban J connectivity index is 2.28. The van der Waals surface area contributed by atoms with Gasteiger partial charge in [-0.1, -0.05) is 44.2 Å². The smallest absolute Gasteiger partial charge is 0.123 e. The Bertz CT molecular complexity index is 779. The lowest BCUT2D eigenvalue weighted by Gasteiger charge is -2.32. The van der Waals surface area contributed by atoms with Gasteiger partial charge in [-0.2, -0.15) is 0 Å². The van der Waals surface area contributed by atoms with E-state index in [0.717, 1.165) is 12.8 Å². The van der Waals surface area contributed by atoms with Crippen molar-refractivity contribution in [2.45, 2.75) is 32.1 Å². The van der Waals surface area contributed by atoms with E-state index in [1.807, 2.05) is 12.1 Å². The van der Waals surface area contributed by atoms with E-state index in [9.17, 15) is 4.39 Å². The number of fused-ring (bicyclic) bond motifs is 1. The van der Waals surface area contributed by atoms with Crippen molar-refractivity contribution in [3.05, 3.63) is 71.7 Å². The first kappa shape index (κ1) is 14.8. The van der Waals surface area contributed by atoms with Crippen LogP contribution in [-0.2, 0) is 12.5 Å². The largest absolute Gasteiger partial charge is 0.350 e. The summed E-state index contributed by atoms with van der Waals surface area (Å²) in [5.41, 5.74) is 3.69. The van der Waals surface area contributed by atoms with Crippen LogP contribution in [0.1, 0.15) is 37.8 Å². The monoisotopic (exact) mass is 295 g/mol. The molecule has 0 bridgehead atoms. The van der Waals surface area contributed by atoms with Crippen molar-refractivity contribution >= 4 is 10.9 Å².